The number of esters is 1. The van der Waals surface area contributed by atoms with Crippen molar-refractivity contribution in [1.29, 1.82) is 0 Å². The zero-order valence-corrected chi connectivity index (χ0v) is 15.5. The number of amides is 3. The lowest BCUT2D eigenvalue weighted by Crippen LogP contribution is -2.42. The summed E-state index contributed by atoms with van der Waals surface area (Å²) in [6, 6.07) is 1.04. The molecular formula is C18H22N4O5. The van der Waals surface area contributed by atoms with Crippen LogP contribution in [0.1, 0.15) is 54.4 Å². The number of imide groups is 1. The van der Waals surface area contributed by atoms with Crippen molar-refractivity contribution < 1.29 is 23.6 Å². The lowest BCUT2D eigenvalue weighted by Gasteiger charge is -2.09. The van der Waals surface area contributed by atoms with Crippen LogP contribution in [0.3, 0.4) is 0 Å². The quantitative estimate of drug-likeness (QED) is 0.742. The SMILES string of the molecule is Cc1noc2nc(C3CC3)cc(C(=O)OCC(=O)NC(=O)NCC(C)C)c12. The van der Waals surface area contributed by atoms with Gasteiger partial charge < -0.3 is 14.6 Å². The van der Waals surface area contributed by atoms with Crippen LogP contribution < -0.4 is 10.6 Å². The molecule has 0 aromatic carbocycles. The maximum atomic E-state index is 12.5. The summed E-state index contributed by atoms with van der Waals surface area (Å²) in [6.07, 6.45) is 2.02. The smallest absolute Gasteiger partial charge is 0.339 e. The minimum atomic E-state index is -0.709. The van der Waals surface area contributed by atoms with Gasteiger partial charge in [0.1, 0.15) is 0 Å². The third kappa shape index (κ3) is 4.60. The molecule has 0 bridgehead atoms. The Morgan fingerprint density at radius 2 is 2.07 bits per heavy atom. The van der Waals surface area contributed by atoms with E-state index in [0.717, 1.165) is 18.5 Å². The third-order valence-electron chi connectivity index (χ3n) is 4.11. The Bertz CT molecular complexity index is 885. The van der Waals surface area contributed by atoms with Crippen molar-refractivity contribution in [2.45, 2.75) is 39.5 Å². The van der Waals surface area contributed by atoms with Crippen LogP contribution in [0.4, 0.5) is 4.79 Å². The van der Waals surface area contributed by atoms with E-state index in [4.69, 9.17) is 9.26 Å². The average molecular weight is 374 g/mol. The molecule has 2 aromatic heterocycles. The molecule has 27 heavy (non-hydrogen) atoms. The molecule has 2 heterocycles. The summed E-state index contributed by atoms with van der Waals surface area (Å²) in [5, 5.41) is 8.99. The predicted molar refractivity (Wildman–Crippen MR) is 95.2 cm³/mol. The summed E-state index contributed by atoms with van der Waals surface area (Å²) in [5.74, 6) is -0.836. The highest BCUT2D eigenvalue weighted by molar-refractivity contribution is 6.04. The molecule has 0 atom stereocenters. The molecule has 0 aliphatic heterocycles. The fourth-order valence-electron chi connectivity index (χ4n) is 2.58. The first-order valence-electron chi connectivity index (χ1n) is 8.87. The van der Waals surface area contributed by atoms with E-state index in [1.54, 1.807) is 13.0 Å². The van der Waals surface area contributed by atoms with Crippen molar-refractivity contribution in [3.05, 3.63) is 23.0 Å². The molecule has 0 unspecified atom stereocenters. The van der Waals surface area contributed by atoms with Gasteiger partial charge in [0.2, 0.25) is 0 Å². The van der Waals surface area contributed by atoms with Gasteiger partial charge in [-0.1, -0.05) is 19.0 Å². The summed E-state index contributed by atoms with van der Waals surface area (Å²) < 4.78 is 10.3. The lowest BCUT2D eigenvalue weighted by molar-refractivity contribution is -0.123. The van der Waals surface area contributed by atoms with Crippen molar-refractivity contribution in [1.82, 2.24) is 20.8 Å². The maximum absolute atomic E-state index is 12.5. The molecule has 9 nitrogen and oxygen atoms in total. The first-order valence-corrected chi connectivity index (χ1v) is 8.87. The molecule has 1 aliphatic carbocycles. The van der Waals surface area contributed by atoms with Gasteiger partial charge in [-0.3, -0.25) is 10.1 Å². The number of hydrogen-bond donors (Lipinski definition) is 2. The Kier molecular flexibility index (Phi) is 5.38. The molecule has 1 fully saturated rings. The fraction of sp³-hybridized carbons (Fsp3) is 0.500. The summed E-state index contributed by atoms with van der Waals surface area (Å²) in [5.41, 5.74) is 1.81. The zero-order valence-electron chi connectivity index (χ0n) is 15.5. The second-order valence-electron chi connectivity index (χ2n) is 7.05. The van der Waals surface area contributed by atoms with Crippen molar-refractivity contribution in [2.75, 3.05) is 13.2 Å². The maximum Gasteiger partial charge on any atom is 0.339 e. The van der Waals surface area contributed by atoms with Crippen LogP contribution in [-0.2, 0) is 9.53 Å². The molecule has 9 heteroatoms. The zero-order chi connectivity index (χ0) is 19.6. The van der Waals surface area contributed by atoms with Gasteiger partial charge in [-0.15, -0.1) is 0 Å². The van der Waals surface area contributed by atoms with Gasteiger partial charge in [0, 0.05) is 18.2 Å². The van der Waals surface area contributed by atoms with Crippen molar-refractivity contribution >= 4 is 29.0 Å². The van der Waals surface area contributed by atoms with Crippen LogP contribution in [0.25, 0.3) is 11.1 Å². The number of nitrogens with zero attached hydrogens (tertiary/aromatic N) is 2. The highest BCUT2D eigenvalue weighted by Gasteiger charge is 2.29. The Morgan fingerprint density at radius 3 is 2.74 bits per heavy atom. The predicted octanol–water partition coefficient (Wildman–Crippen LogP) is 2.05. The Labute approximate surface area is 155 Å². The number of carbonyl (C=O) groups excluding carboxylic acids is 3. The van der Waals surface area contributed by atoms with Gasteiger partial charge in [-0.25, -0.2) is 14.6 Å². The van der Waals surface area contributed by atoms with Crippen molar-refractivity contribution in [3.8, 4) is 0 Å². The summed E-state index contributed by atoms with van der Waals surface area (Å²) in [6.45, 7) is 5.43. The first kappa shape index (κ1) is 18.8. The van der Waals surface area contributed by atoms with E-state index in [2.05, 4.69) is 20.8 Å². The van der Waals surface area contributed by atoms with E-state index < -0.39 is 24.5 Å². The molecule has 0 spiro atoms. The molecule has 0 saturated heterocycles. The number of fused-ring (bicyclic) bond motifs is 1. The van der Waals surface area contributed by atoms with E-state index in [9.17, 15) is 14.4 Å². The molecule has 3 amide bonds. The van der Waals surface area contributed by atoms with Crippen LogP contribution in [0.5, 0.6) is 0 Å². The van der Waals surface area contributed by atoms with Gasteiger partial charge in [0.05, 0.1) is 16.6 Å². The molecule has 1 saturated carbocycles. The Balaban J connectivity index is 1.65. The van der Waals surface area contributed by atoms with E-state index in [0.29, 0.717) is 23.5 Å². The van der Waals surface area contributed by atoms with Gasteiger partial charge in [-0.05, 0) is 31.7 Å². The van der Waals surface area contributed by atoms with Crippen LogP contribution in [0, 0.1) is 12.8 Å². The lowest BCUT2D eigenvalue weighted by atomic mass is 10.1. The highest BCUT2D eigenvalue weighted by Crippen LogP contribution is 2.40. The van der Waals surface area contributed by atoms with Crippen LogP contribution in [0.2, 0.25) is 0 Å². The van der Waals surface area contributed by atoms with Crippen LogP contribution in [0.15, 0.2) is 10.6 Å². The van der Waals surface area contributed by atoms with Crippen LogP contribution in [-0.4, -0.2) is 41.2 Å². The van der Waals surface area contributed by atoms with E-state index in [1.165, 1.54) is 0 Å². The number of hydrogen-bond acceptors (Lipinski definition) is 7. The normalized spacial score (nSPS) is 13.6. The topological polar surface area (TPSA) is 123 Å². The number of aromatic nitrogens is 2. The van der Waals surface area contributed by atoms with Gasteiger partial charge in [0.15, 0.2) is 6.61 Å². The average Bonchev–Trinajstić information content (AvgIpc) is 3.41. The molecular weight excluding hydrogens is 352 g/mol. The largest absolute Gasteiger partial charge is 0.452 e. The highest BCUT2D eigenvalue weighted by atomic mass is 16.5. The van der Waals surface area contributed by atoms with Gasteiger partial charge in [-0.2, -0.15) is 0 Å². The number of rotatable bonds is 6. The second kappa shape index (κ2) is 7.73. The number of carbonyl (C=O) groups is 3. The van der Waals surface area contributed by atoms with Gasteiger partial charge >= 0.3 is 12.0 Å². The molecule has 2 N–H and O–H groups in total. The van der Waals surface area contributed by atoms with E-state index in [-0.39, 0.29) is 17.2 Å². The molecule has 2 aromatic rings. The minimum Gasteiger partial charge on any atom is -0.452 e. The number of urea groups is 1. The standard InChI is InChI=1S/C18H22N4O5/c1-9(2)7-19-18(25)21-14(23)8-26-17(24)12-6-13(11-4-5-11)20-16-15(12)10(3)22-27-16/h6,9,11H,4-5,7-8H2,1-3H3,(H2,19,21,23,25). The molecule has 0 radical (unpaired) electrons. The molecule has 144 valence electrons. The second-order valence-corrected chi connectivity index (χ2v) is 7.05. The number of nitrogens with one attached hydrogen (secondary N) is 2. The molecule has 1 aliphatic rings. The molecule has 3 rings (SSSR count). The number of ether oxygens (including phenoxy) is 1. The van der Waals surface area contributed by atoms with E-state index >= 15 is 0 Å². The Morgan fingerprint density at radius 1 is 1.33 bits per heavy atom. The van der Waals surface area contributed by atoms with Crippen molar-refractivity contribution in [2.24, 2.45) is 5.92 Å². The van der Waals surface area contributed by atoms with Gasteiger partial charge in [0.25, 0.3) is 11.6 Å². The summed E-state index contributed by atoms with van der Waals surface area (Å²) in [7, 11) is 0. The Hall–Kier alpha value is -2.97. The van der Waals surface area contributed by atoms with E-state index in [1.807, 2.05) is 13.8 Å². The fourth-order valence-corrected chi connectivity index (χ4v) is 2.58. The number of pyridine rings is 1. The van der Waals surface area contributed by atoms with Crippen LogP contribution >= 0.6 is 0 Å². The van der Waals surface area contributed by atoms with Crippen molar-refractivity contribution in [3.63, 3.8) is 0 Å². The summed E-state index contributed by atoms with van der Waals surface area (Å²) in [4.78, 5) is 40.3. The third-order valence-corrected chi connectivity index (χ3v) is 4.11. The number of aryl methyl sites for hydroxylation is 1. The first-order chi connectivity index (χ1) is 12.8. The monoisotopic (exact) mass is 374 g/mol. The summed E-state index contributed by atoms with van der Waals surface area (Å²) >= 11 is 0. The minimum absolute atomic E-state index is 0.255.